The van der Waals surface area contributed by atoms with E-state index in [4.69, 9.17) is 5.73 Å². The van der Waals surface area contributed by atoms with Crippen LogP contribution in [0.4, 0.5) is 0 Å². The van der Waals surface area contributed by atoms with Crippen LogP contribution in [0, 0.1) is 11.8 Å². The summed E-state index contributed by atoms with van der Waals surface area (Å²) in [6.45, 7) is 6.47. The standard InChI is InChI=1S/C15H31N3O2S/c1-3-14-7-5-8-17(15(14)10-16)11-13-6-4-9-18(12-13)21(2,19)20/h13-15H,3-12,16H2,1-2H3. The lowest BCUT2D eigenvalue weighted by atomic mass is 9.86. The third kappa shape index (κ3) is 4.41. The molecular weight excluding hydrogens is 286 g/mol. The third-order valence-electron chi connectivity index (χ3n) is 5.24. The van der Waals surface area contributed by atoms with Gasteiger partial charge in [0.05, 0.1) is 6.26 Å². The van der Waals surface area contributed by atoms with Gasteiger partial charge in [-0.05, 0) is 44.1 Å². The molecule has 124 valence electrons. The van der Waals surface area contributed by atoms with Gasteiger partial charge in [-0.1, -0.05) is 13.3 Å². The summed E-state index contributed by atoms with van der Waals surface area (Å²) in [6, 6.07) is 0.484. The van der Waals surface area contributed by atoms with Gasteiger partial charge in [0.2, 0.25) is 10.0 Å². The maximum Gasteiger partial charge on any atom is 0.211 e. The Labute approximate surface area is 129 Å². The van der Waals surface area contributed by atoms with Gasteiger partial charge in [0.1, 0.15) is 0 Å². The molecule has 0 aromatic heterocycles. The van der Waals surface area contributed by atoms with Gasteiger partial charge in [-0.3, -0.25) is 4.90 Å². The van der Waals surface area contributed by atoms with Gasteiger partial charge >= 0.3 is 0 Å². The predicted molar refractivity (Wildman–Crippen MR) is 86.6 cm³/mol. The maximum absolute atomic E-state index is 11.7. The lowest BCUT2D eigenvalue weighted by molar-refractivity contribution is 0.0680. The number of nitrogens with two attached hydrogens (primary N) is 1. The van der Waals surface area contributed by atoms with Crippen molar-refractivity contribution in [1.82, 2.24) is 9.21 Å². The highest BCUT2D eigenvalue weighted by Crippen LogP contribution is 2.28. The fourth-order valence-electron chi connectivity index (χ4n) is 4.07. The fourth-order valence-corrected chi connectivity index (χ4v) is 5.01. The second-order valence-electron chi connectivity index (χ2n) is 6.74. The second-order valence-corrected chi connectivity index (χ2v) is 8.72. The molecule has 0 bridgehead atoms. The van der Waals surface area contributed by atoms with E-state index in [9.17, 15) is 8.42 Å². The number of sulfonamides is 1. The van der Waals surface area contributed by atoms with E-state index in [2.05, 4.69) is 11.8 Å². The van der Waals surface area contributed by atoms with Gasteiger partial charge < -0.3 is 5.73 Å². The van der Waals surface area contributed by atoms with E-state index in [1.165, 1.54) is 25.5 Å². The van der Waals surface area contributed by atoms with E-state index in [0.717, 1.165) is 32.5 Å². The van der Waals surface area contributed by atoms with Crippen LogP contribution >= 0.6 is 0 Å². The smallest absolute Gasteiger partial charge is 0.211 e. The van der Waals surface area contributed by atoms with Gasteiger partial charge in [0, 0.05) is 32.2 Å². The topological polar surface area (TPSA) is 66.6 Å². The molecule has 0 spiro atoms. The van der Waals surface area contributed by atoms with Gasteiger partial charge in [0.15, 0.2) is 0 Å². The van der Waals surface area contributed by atoms with Crippen LogP contribution in [0.1, 0.15) is 39.0 Å². The minimum Gasteiger partial charge on any atom is -0.329 e. The molecule has 3 unspecified atom stereocenters. The molecule has 2 heterocycles. The van der Waals surface area contributed by atoms with Crippen molar-refractivity contribution in [1.29, 1.82) is 0 Å². The van der Waals surface area contributed by atoms with Gasteiger partial charge in [-0.15, -0.1) is 0 Å². The zero-order chi connectivity index (χ0) is 15.5. The number of rotatable bonds is 5. The normalized spacial score (nSPS) is 33.2. The largest absolute Gasteiger partial charge is 0.329 e. The van der Waals surface area contributed by atoms with Crippen molar-refractivity contribution >= 4 is 10.0 Å². The number of hydrogen-bond donors (Lipinski definition) is 1. The first-order chi connectivity index (χ1) is 9.95. The fraction of sp³-hybridized carbons (Fsp3) is 1.00. The number of hydrogen-bond acceptors (Lipinski definition) is 4. The van der Waals surface area contributed by atoms with Crippen LogP contribution in [0.25, 0.3) is 0 Å². The van der Waals surface area contributed by atoms with E-state index < -0.39 is 10.0 Å². The van der Waals surface area contributed by atoms with Crippen molar-refractivity contribution in [3.63, 3.8) is 0 Å². The summed E-state index contributed by atoms with van der Waals surface area (Å²) in [5.41, 5.74) is 6.01. The minimum atomic E-state index is -3.04. The molecule has 0 aliphatic carbocycles. The predicted octanol–water partition coefficient (Wildman–Crippen LogP) is 1.11. The van der Waals surface area contributed by atoms with Crippen molar-refractivity contribution in [3.05, 3.63) is 0 Å². The monoisotopic (exact) mass is 317 g/mol. The molecule has 0 saturated carbocycles. The minimum absolute atomic E-state index is 0.457. The first-order valence-corrected chi connectivity index (χ1v) is 10.2. The van der Waals surface area contributed by atoms with Crippen LogP contribution in [0.3, 0.4) is 0 Å². The van der Waals surface area contributed by atoms with E-state index in [1.807, 2.05) is 0 Å². The maximum atomic E-state index is 11.7. The summed E-state index contributed by atoms with van der Waals surface area (Å²) in [5, 5.41) is 0. The van der Waals surface area contributed by atoms with Crippen molar-refractivity contribution in [2.75, 3.05) is 39.0 Å². The first-order valence-electron chi connectivity index (χ1n) is 8.35. The molecule has 2 rings (SSSR count). The summed E-state index contributed by atoms with van der Waals surface area (Å²) in [7, 11) is -3.04. The van der Waals surface area contributed by atoms with Crippen molar-refractivity contribution in [2.24, 2.45) is 17.6 Å². The van der Waals surface area contributed by atoms with Crippen LogP contribution in [-0.2, 0) is 10.0 Å². The third-order valence-corrected chi connectivity index (χ3v) is 6.51. The lowest BCUT2D eigenvalue weighted by Crippen LogP contribution is -2.52. The molecule has 0 aromatic carbocycles. The molecule has 0 amide bonds. The second kappa shape index (κ2) is 7.40. The Kier molecular flexibility index (Phi) is 6.05. The number of nitrogens with zero attached hydrogens (tertiary/aromatic N) is 2. The Morgan fingerprint density at radius 3 is 2.52 bits per heavy atom. The number of likely N-dealkylation sites (tertiary alicyclic amines) is 1. The van der Waals surface area contributed by atoms with Gasteiger partial charge in [-0.25, -0.2) is 12.7 Å². The highest BCUT2D eigenvalue weighted by Gasteiger charge is 2.33. The van der Waals surface area contributed by atoms with E-state index in [1.54, 1.807) is 4.31 Å². The van der Waals surface area contributed by atoms with Crippen LogP contribution in [-0.4, -0.2) is 62.6 Å². The zero-order valence-electron chi connectivity index (χ0n) is 13.5. The molecule has 2 N–H and O–H groups in total. The zero-order valence-corrected chi connectivity index (χ0v) is 14.3. The molecular formula is C15H31N3O2S. The average molecular weight is 317 g/mol. The molecule has 6 heteroatoms. The van der Waals surface area contributed by atoms with Crippen LogP contribution in [0.5, 0.6) is 0 Å². The average Bonchev–Trinajstić information content (AvgIpc) is 2.46. The molecule has 3 atom stereocenters. The summed E-state index contributed by atoms with van der Waals surface area (Å²) in [4.78, 5) is 2.54. The Bertz CT molecular complexity index is 427. The van der Waals surface area contributed by atoms with Crippen molar-refractivity contribution < 1.29 is 8.42 Å². The van der Waals surface area contributed by atoms with Gasteiger partial charge in [-0.2, -0.15) is 0 Å². The molecule has 2 aliphatic heterocycles. The summed E-state index contributed by atoms with van der Waals surface area (Å²) in [5.74, 6) is 1.16. The summed E-state index contributed by atoms with van der Waals surface area (Å²) < 4.78 is 25.1. The van der Waals surface area contributed by atoms with Crippen LogP contribution in [0.15, 0.2) is 0 Å². The molecule has 0 radical (unpaired) electrons. The molecule has 2 fully saturated rings. The highest BCUT2D eigenvalue weighted by atomic mass is 32.2. The Morgan fingerprint density at radius 2 is 1.90 bits per heavy atom. The molecule has 2 saturated heterocycles. The highest BCUT2D eigenvalue weighted by molar-refractivity contribution is 7.88. The molecule has 0 aromatic rings. The van der Waals surface area contributed by atoms with Crippen molar-refractivity contribution in [2.45, 2.75) is 45.1 Å². The van der Waals surface area contributed by atoms with E-state index in [0.29, 0.717) is 31.0 Å². The number of piperidine rings is 2. The Morgan fingerprint density at radius 1 is 1.19 bits per heavy atom. The lowest BCUT2D eigenvalue weighted by Gasteiger charge is -2.43. The van der Waals surface area contributed by atoms with Crippen LogP contribution in [0.2, 0.25) is 0 Å². The van der Waals surface area contributed by atoms with E-state index in [-0.39, 0.29) is 0 Å². The summed E-state index contributed by atoms with van der Waals surface area (Å²) in [6.07, 6.45) is 7.17. The molecule has 2 aliphatic rings. The van der Waals surface area contributed by atoms with E-state index >= 15 is 0 Å². The summed E-state index contributed by atoms with van der Waals surface area (Å²) >= 11 is 0. The van der Waals surface area contributed by atoms with Crippen LogP contribution < -0.4 is 5.73 Å². The SMILES string of the molecule is CCC1CCCN(CC2CCCN(S(C)(=O)=O)C2)C1CN. The first kappa shape index (κ1) is 17.2. The molecule has 5 nitrogen and oxygen atoms in total. The molecule has 21 heavy (non-hydrogen) atoms. The van der Waals surface area contributed by atoms with Gasteiger partial charge in [0.25, 0.3) is 0 Å². The van der Waals surface area contributed by atoms with Crippen molar-refractivity contribution in [3.8, 4) is 0 Å². The Balaban J connectivity index is 1.96. The quantitative estimate of drug-likeness (QED) is 0.825. The Hall–Kier alpha value is -0.170.